The van der Waals surface area contributed by atoms with Crippen LogP contribution >= 0.6 is 0 Å². The third kappa shape index (κ3) is 3.20. The number of fused-ring (bicyclic) bond motifs is 11. The van der Waals surface area contributed by atoms with Crippen LogP contribution < -0.4 is 4.74 Å². The average molecular weight is 589 g/mol. The number of rotatable bonds is 2. The molecule has 218 valence electrons. The highest BCUT2D eigenvalue weighted by molar-refractivity contribution is 6.08. The minimum atomic E-state index is -0.433. The summed E-state index contributed by atoms with van der Waals surface area (Å²) in [4.78, 5) is 0. The van der Waals surface area contributed by atoms with Crippen molar-refractivity contribution < 1.29 is 4.74 Å². The predicted molar refractivity (Wildman–Crippen MR) is 191 cm³/mol. The number of hydrogen-bond donors (Lipinski definition) is 0. The summed E-state index contributed by atoms with van der Waals surface area (Å²) in [7, 11) is 0. The van der Waals surface area contributed by atoms with Crippen LogP contribution in [0.3, 0.4) is 0 Å². The fourth-order valence-electron chi connectivity index (χ4n) is 9.00. The van der Waals surface area contributed by atoms with E-state index in [2.05, 4.69) is 147 Å². The van der Waals surface area contributed by atoms with Gasteiger partial charge in [0.25, 0.3) is 0 Å². The molecule has 4 aliphatic rings. The van der Waals surface area contributed by atoms with Crippen LogP contribution in [0, 0.1) is 5.92 Å². The molecular weight excluding hydrogens is 556 g/mol. The van der Waals surface area contributed by atoms with Crippen LogP contribution in [0.5, 0.6) is 5.75 Å². The van der Waals surface area contributed by atoms with Crippen molar-refractivity contribution in [2.45, 2.75) is 25.7 Å². The van der Waals surface area contributed by atoms with Gasteiger partial charge in [-0.3, -0.25) is 0 Å². The van der Waals surface area contributed by atoms with Gasteiger partial charge in [0.2, 0.25) is 0 Å². The van der Waals surface area contributed by atoms with E-state index in [4.69, 9.17) is 4.74 Å². The molecule has 0 saturated heterocycles. The number of hydrogen-bond acceptors (Lipinski definition) is 1. The third-order valence-corrected chi connectivity index (χ3v) is 10.8. The summed E-state index contributed by atoms with van der Waals surface area (Å²) in [5, 5.41) is 2.37. The molecule has 2 atom stereocenters. The standard InChI is InChI=1S/C45H32O/c1-3-10-30-26-46-41-18-8-11-28-21-22-34(42(30)43(28)41)36-15-9-14-35-32-12-4-6-16-38(32)45(44(35)36)39-17-7-5-13-33(39)37-24-31-23-27(2)19-20-29(31)25-40(37)45/h3-22,24-27H,23H2,1-2H3/b10-3-. The van der Waals surface area contributed by atoms with Gasteiger partial charge in [0.15, 0.2) is 0 Å². The van der Waals surface area contributed by atoms with Crippen LogP contribution in [-0.4, -0.2) is 0 Å². The largest absolute Gasteiger partial charge is 0.464 e. The Morgan fingerprint density at radius 1 is 0.696 bits per heavy atom. The summed E-state index contributed by atoms with van der Waals surface area (Å²) < 4.78 is 6.22. The molecule has 0 amide bonds. The molecule has 1 aliphatic heterocycles. The molecular formula is C45H32O. The van der Waals surface area contributed by atoms with E-state index in [1.807, 2.05) is 6.26 Å². The smallest absolute Gasteiger partial charge is 0.135 e. The van der Waals surface area contributed by atoms with E-state index < -0.39 is 5.41 Å². The molecule has 1 spiro atoms. The summed E-state index contributed by atoms with van der Waals surface area (Å²) in [6.07, 6.45) is 12.0. The van der Waals surface area contributed by atoms with Crippen molar-refractivity contribution in [2.75, 3.05) is 0 Å². The molecule has 6 aromatic rings. The zero-order valence-corrected chi connectivity index (χ0v) is 26.0. The van der Waals surface area contributed by atoms with Gasteiger partial charge >= 0.3 is 0 Å². The monoisotopic (exact) mass is 588 g/mol. The third-order valence-electron chi connectivity index (χ3n) is 10.8. The Morgan fingerprint density at radius 2 is 1.41 bits per heavy atom. The fraction of sp³-hybridized carbons (Fsp3) is 0.111. The van der Waals surface area contributed by atoms with Crippen molar-refractivity contribution >= 4 is 22.4 Å². The van der Waals surface area contributed by atoms with Crippen molar-refractivity contribution in [1.29, 1.82) is 0 Å². The van der Waals surface area contributed by atoms with Crippen molar-refractivity contribution in [3.8, 4) is 39.1 Å². The number of benzene rings is 6. The maximum atomic E-state index is 6.22. The molecule has 0 saturated carbocycles. The van der Waals surface area contributed by atoms with Gasteiger partial charge in [-0.25, -0.2) is 0 Å². The van der Waals surface area contributed by atoms with Crippen LogP contribution in [0.2, 0.25) is 0 Å². The minimum absolute atomic E-state index is 0.433. The molecule has 0 aromatic heterocycles. The molecule has 3 aliphatic carbocycles. The van der Waals surface area contributed by atoms with Gasteiger partial charge in [-0.15, -0.1) is 0 Å². The second-order valence-corrected chi connectivity index (χ2v) is 13.2. The molecule has 46 heavy (non-hydrogen) atoms. The quantitative estimate of drug-likeness (QED) is 0.195. The molecule has 0 N–H and O–H groups in total. The maximum Gasteiger partial charge on any atom is 0.135 e. The summed E-state index contributed by atoms with van der Waals surface area (Å²) in [5.41, 5.74) is 18.1. The summed E-state index contributed by atoms with van der Waals surface area (Å²) >= 11 is 0. The molecule has 1 heterocycles. The van der Waals surface area contributed by atoms with Gasteiger partial charge in [0, 0.05) is 16.5 Å². The Kier molecular flexibility index (Phi) is 5.24. The second-order valence-electron chi connectivity index (χ2n) is 13.2. The molecule has 10 rings (SSSR count). The van der Waals surface area contributed by atoms with E-state index in [1.54, 1.807) is 0 Å². The molecule has 0 radical (unpaired) electrons. The molecule has 1 heteroatoms. The highest BCUT2D eigenvalue weighted by Crippen LogP contribution is 2.65. The molecule has 0 bridgehead atoms. The number of ether oxygens (including phenoxy) is 1. The lowest BCUT2D eigenvalue weighted by atomic mass is 9.67. The molecule has 6 aromatic carbocycles. The van der Waals surface area contributed by atoms with E-state index >= 15 is 0 Å². The van der Waals surface area contributed by atoms with Gasteiger partial charge in [0.05, 0.1) is 11.7 Å². The first-order chi connectivity index (χ1) is 22.7. The SMILES string of the molecule is C/C=C\C1=COc2cccc3ccc(-c4cccc5c4C4(c6ccccc6-c6cc7c(cc64)C=CC(C)C7)c4ccccc4-5)c1c23. The van der Waals surface area contributed by atoms with E-state index in [1.165, 1.54) is 83.1 Å². The average Bonchev–Trinajstić information content (AvgIpc) is 3.55. The van der Waals surface area contributed by atoms with Crippen LogP contribution in [0.4, 0.5) is 0 Å². The first-order valence-electron chi connectivity index (χ1n) is 16.4. The van der Waals surface area contributed by atoms with Crippen LogP contribution in [0.25, 0.3) is 55.8 Å². The van der Waals surface area contributed by atoms with E-state index in [0.29, 0.717) is 5.92 Å². The Morgan fingerprint density at radius 3 is 2.22 bits per heavy atom. The van der Waals surface area contributed by atoms with Crippen molar-refractivity contribution in [2.24, 2.45) is 5.92 Å². The lowest BCUT2D eigenvalue weighted by Gasteiger charge is -2.33. The Labute approximate surface area is 269 Å². The highest BCUT2D eigenvalue weighted by Gasteiger charge is 2.53. The van der Waals surface area contributed by atoms with Crippen LogP contribution in [0.15, 0.2) is 134 Å². The zero-order valence-electron chi connectivity index (χ0n) is 26.0. The van der Waals surface area contributed by atoms with Crippen LogP contribution in [0.1, 0.15) is 52.8 Å². The Hall–Kier alpha value is -5.40. The van der Waals surface area contributed by atoms with Gasteiger partial charge in [-0.05, 0) is 104 Å². The number of allylic oxidation sites excluding steroid dienone is 4. The highest BCUT2D eigenvalue weighted by atomic mass is 16.5. The Bertz CT molecular complexity index is 2400. The van der Waals surface area contributed by atoms with E-state index in [9.17, 15) is 0 Å². The minimum Gasteiger partial charge on any atom is -0.464 e. The lowest BCUT2D eigenvalue weighted by Crippen LogP contribution is -2.27. The van der Waals surface area contributed by atoms with E-state index in [0.717, 1.165) is 17.7 Å². The van der Waals surface area contributed by atoms with Gasteiger partial charge in [0.1, 0.15) is 5.75 Å². The maximum absolute atomic E-state index is 6.22. The summed E-state index contributed by atoms with van der Waals surface area (Å²) in [6.45, 7) is 4.40. The normalized spacial score (nSPS) is 19.4. The van der Waals surface area contributed by atoms with Crippen molar-refractivity contribution in [1.82, 2.24) is 0 Å². The van der Waals surface area contributed by atoms with Crippen LogP contribution in [-0.2, 0) is 11.8 Å². The summed E-state index contributed by atoms with van der Waals surface area (Å²) in [5.74, 6) is 1.46. The second kappa shape index (κ2) is 9.31. The first kappa shape index (κ1) is 25.9. The lowest BCUT2D eigenvalue weighted by molar-refractivity contribution is 0.486. The van der Waals surface area contributed by atoms with Gasteiger partial charge in [-0.2, -0.15) is 0 Å². The fourth-order valence-corrected chi connectivity index (χ4v) is 9.00. The molecule has 0 fully saturated rings. The van der Waals surface area contributed by atoms with Crippen molar-refractivity contribution in [3.63, 3.8) is 0 Å². The van der Waals surface area contributed by atoms with E-state index in [-0.39, 0.29) is 0 Å². The summed E-state index contributed by atoms with van der Waals surface area (Å²) in [6, 6.07) is 41.3. The molecule has 1 nitrogen and oxygen atoms in total. The Balaban J connectivity index is 1.37. The topological polar surface area (TPSA) is 9.23 Å². The first-order valence-corrected chi connectivity index (χ1v) is 16.4. The van der Waals surface area contributed by atoms with Gasteiger partial charge < -0.3 is 4.74 Å². The zero-order chi connectivity index (χ0) is 30.6. The van der Waals surface area contributed by atoms with Crippen molar-refractivity contribution in [3.05, 3.63) is 173 Å². The van der Waals surface area contributed by atoms with Gasteiger partial charge in [-0.1, -0.05) is 128 Å². The predicted octanol–water partition coefficient (Wildman–Crippen LogP) is 11.4. The molecule has 2 unspecified atom stereocenters.